The number of H-pyrrole nitrogens is 1. The van der Waals surface area contributed by atoms with Gasteiger partial charge < -0.3 is 14.6 Å². The van der Waals surface area contributed by atoms with Gasteiger partial charge in [-0.25, -0.2) is 13.9 Å². The molecular formula is C27H33FN6O. The molecule has 8 heteroatoms. The Hall–Kier alpha value is -2.84. The van der Waals surface area contributed by atoms with Gasteiger partial charge in [0.25, 0.3) is 0 Å². The van der Waals surface area contributed by atoms with Gasteiger partial charge in [-0.05, 0) is 68.8 Å². The number of halogens is 1. The first-order chi connectivity index (χ1) is 17.0. The first-order valence-electron chi connectivity index (χ1n) is 12.8. The molecule has 0 spiro atoms. The highest BCUT2D eigenvalue weighted by atomic mass is 19.1. The lowest BCUT2D eigenvalue weighted by Crippen LogP contribution is -2.43. The number of pyridine rings is 2. The summed E-state index contributed by atoms with van der Waals surface area (Å²) in [5, 5.41) is 5.00. The number of aromatic nitrogens is 5. The van der Waals surface area contributed by atoms with E-state index < -0.39 is 0 Å². The van der Waals surface area contributed by atoms with E-state index in [9.17, 15) is 0 Å². The minimum absolute atomic E-state index is 0.144. The van der Waals surface area contributed by atoms with Crippen LogP contribution in [0.25, 0.3) is 27.8 Å². The maximum Gasteiger partial charge on any atom is 0.158 e. The molecule has 0 amide bonds. The number of fused-ring (bicyclic) bond motifs is 2. The van der Waals surface area contributed by atoms with Crippen molar-refractivity contribution in [2.75, 3.05) is 26.3 Å². The summed E-state index contributed by atoms with van der Waals surface area (Å²) in [6.45, 7) is 9.99. The molecule has 7 nitrogen and oxygen atoms in total. The maximum atomic E-state index is 16.2. The molecule has 4 aromatic heterocycles. The van der Waals surface area contributed by atoms with E-state index in [4.69, 9.17) is 4.74 Å². The van der Waals surface area contributed by atoms with Crippen molar-refractivity contribution < 1.29 is 9.13 Å². The van der Waals surface area contributed by atoms with E-state index in [-0.39, 0.29) is 17.7 Å². The van der Waals surface area contributed by atoms with E-state index >= 15 is 4.39 Å². The highest BCUT2D eigenvalue weighted by molar-refractivity contribution is 5.92. The fraction of sp³-hybridized carbons (Fsp3) is 0.519. The Bertz CT molecular complexity index is 1360. The number of hydrogen-bond donors (Lipinski definition) is 1. The summed E-state index contributed by atoms with van der Waals surface area (Å²) in [5.41, 5.74) is 6.15. The minimum atomic E-state index is -0.156. The second-order valence-electron chi connectivity index (χ2n) is 10.4. The summed E-state index contributed by atoms with van der Waals surface area (Å²) >= 11 is 0. The zero-order valence-electron chi connectivity index (χ0n) is 20.7. The Morgan fingerprint density at radius 3 is 2.63 bits per heavy atom. The normalized spacial score (nSPS) is 18.9. The zero-order chi connectivity index (χ0) is 24.1. The number of aromatic amines is 1. The molecule has 0 aromatic carbocycles. The fourth-order valence-electron chi connectivity index (χ4n) is 6.10. The molecule has 0 bridgehead atoms. The van der Waals surface area contributed by atoms with Crippen molar-refractivity contribution in [1.82, 2.24) is 29.5 Å². The van der Waals surface area contributed by atoms with Gasteiger partial charge >= 0.3 is 0 Å². The molecule has 4 aromatic rings. The van der Waals surface area contributed by atoms with Gasteiger partial charge in [0.1, 0.15) is 6.33 Å². The van der Waals surface area contributed by atoms with Crippen molar-refractivity contribution in [2.24, 2.45) is 0 Å². The van der Waals surface area contributed by atoms with E-state index in [0.29, 0.717) is 17.1 Å². The molecule has 184 valence electrons. The van der Waals surface area contributed by atoms with Gasteiger partial charge in [0.15, 0.2) is 11.5 Å². The highest BCUT2D eigenvalue weighted by Gasteiger charge is 2.31. The Kier molecular flexibility index (Phi) is 5.81. The zero-order valence-corrected chi connectivity index (χ0v) is 20.7. The van der Waals surface area contributed by atoms with E-state index in [1.165, 1.54) is 0 Å². The first kappa shape index (κ1) is 22.6. The number of nitrogens with one attached hydrogen (secondary N) is 1. The molecule has 6 heterocycles. The lowest BCUT2D eigenvalue weighted by molar-refractivity contribution is 0.0249. The first-order valence-corrected chi connectivity index (χ1v) is 12.8. The Morgan fingerprint density at radius 2 is 1.89 bits per heavy atom. The summed E-state index contributed by atoms with van der Waals surface area (Å²) in [6.07, 6.45) is 9.45. The lowest BCUT2D eigenvalue weighted by Gasteiger charge is -2.39. The minimum Gasteiger partial charge on any atom is -0.381 e. The van der Waals surface area contributed by atoms with Crippen molar-refractivity contribution >= 4 is 16.6 Å². The third-order valence-electron chi connectivity index (χ3n) is 7.89. The van der Waals surface area contributed by atoms with Crippen LogP contribution < -0.4 is 0 Å². The van der Waals surface area contributed by atoms with Crippen molar-refractivity contribution in [3.8, 4) is 11.3 Å². The number of likely N-dealkylation sites (tertiary alicyclic amines) is 1. The molecular weight excluding hydrogens is 443 g/mol. The largest absolute Gasteiger partial charge is 0.381 e. The summed E-state index contributed by atoms with van der Waals surface area (Å²) in [4.78, 5) is 15.0. The Balaban J connectivity index is 1.36. The Labute approximate surface area is 204 Å². The van der Waals surface area contributed by atoms with Gasteiger partial charge in [-0.15, -0.1) is 0 Å². The molecule has 2 aliphatic heterocycles. The molecule has 0 aliphatic carbocycles. The van der Waals surface area contributed by atoms with Gasteiger partial charge in [-0.2, -0.15) is 5.10 Å². The molecule has 35 heavy (non-hydrogen) atoms. The molecule has 0 atom stereocenters. The van der Waals surface area contributed by atoms with Crippen LogP contribution in [0.4, 0.5) is 4.39 Å². The smallest absolute Gasteiger partial charge is 0.158 e. The van der Waals surface area contributed by atoms with Crippen LogP contribution in [0.5, 0.6) is 0 Å². The van der Waals surface area contributed by atoms with Crippen molar-refractivity contribution in [1.29, 1.82) is 0 Å². The van der Waals surface area contributed by atoms with E-state index in [1.807, 2.05) is 19.3 Å². The van der Waals surface area contributed by atoms with E-state index in [1.54, 1.807) is 10.8 Å². The number of aryl methyl sites for hydroxylation is 1. The van der Waals surface area contributed by atoms with Gasteiger partial charge in [0.05, 0.1) is 23.1 Å². The number of hydrogen-bond acceptors (Lipinski definition) is 5. The molecule has 1 N–H and O–H groups in total. The van der Waals surface area contributed by atoms with Crippen molar-refractivity contribution in [2.45, 2.75) is 64.3 Å². The van der Waals surface area contributed by atoms with Crippen LogP contribution in [0.15, 0.2) is 24.8 Å². The molecule has 2 fully saturated rings. The van der Waals surface area contributed by atoms with Crippen molar-refractivity contribution in [3.05, 3.63) is 47.4 Å². The van der Waals surface area contributed by atoms with Crippen LogP contribution in [0.2, 0.25) is 0 Å². The SMILES string of the molecule is Cc1cc(-c2[nH]c3cnc(C4CCN(C5CCOCC5)CC4)c(F)c3c2C(C)C)cn2ncnc12. The number of ether oxygens (including phenoxy) is 1. The lowest BCUT2D eigenvalue weighted by atomic mass is 9.89. The maximum absolute atomic E-state index is 16.2. The summed E-state index contributed by atoms with van der Waals surface area (Å²) < 4.78 is 23.5. The van der Waals surface area contributed by atoms with Crippen LogP contribution in [-0.2, 0) is 4.74 Å². The van der Waals surface area contributed by atoms with Crippen LogP contribution in [-0.4, -0.2) is 61.8 Å². The van der Waals surface area contributed by atoms with Crippen molar-refractivity contribution in [3.63, 3.8) is 0 Å². The van der Waals surface area contributed by atoms with Crippen LogP contribution in [0, 0.1) is 12.7 Å². The molecule has 0 radical (unpaired) electrons. The summed E-state index contributed by atoms with van der Waals surface area (Å²) in [7, 11) is 0. The quantitative estimate of drug-likeness (QED) is 0.438. The van der Waals surface area contributed by atoms with Gasteiger partial charge in [0.2, 0.25) is 0 Å². The summed E-state index contributed by atoms with van der Waals surface area (Å²) in [6, 6.07) is 2.70. The number of piperidine rings is 1. The molecule has 0 saturated carbocycles. The molecule has 6 rings (SSSR count). The van der Waals surface area contributed by atoms with Gasteiger partial charge in [-0.1, -0.05) is 13.8 Å². The Morgan fingerprint density at radius 1 is 1.11 bits per heavy atom. The average molecular weight is 477 g/mol. The topological polar surface area (TPSA) is 71.3 Å². The third-order valence-corrected chi connectivity index (χ3v) is 7.89. The molecule has 2 saturated heterocycles. The monoisotopic (exact) mass is 476 g/mol. The second-order valence-corrected chi connectivity index (χ2v) is 10.4. The third kappa shape index (κ3) is 3.93. The van der Waals surface area contributed by atoms with Gasteiger partial charge in [-0.3, -0.25) is 4.98 Å². The predicted octanol–water partition coefficient (Wildman–Crippen LogP) is 5.20. The fourth-order valence-corrected chi connectivity index (χ4v) is 6.10. The van der Waals surface area contributed by atoms with Gasteiger partial charge in [0, 0.05) is 42.3 Å². The summed E-state index contributed by atoms with van der Waals surface area (Å²) in [5.74, 6) is 0.144. The second kappa shape index (κ2) is 8.99. The standard InChI is InChI=1S/C27H33FN6O/c1-16(2)22-23-21(32-25(22)19-12-17(3)27-30-15-31-34(27)14-19)13-29-26(24(23)28)18-4-8-33(9-5-18)20-6-10-35-11-7-20/h12-16,18,20,32H,4-11H2,1-3H3. The van der Waals surface area contributed by atoms with E-state index in [0.717, 1.165) is 85.5 Å². The van der Waals surface area contributed by atoms with Crippen LogP contribution >= 0.6 is 0 Å². The predicted molar refractivity (Wildman–Crippen MR) is 134 cm³/mol. The van der Waals surface area contributed by atoms with E-state index in [2.05, 4.69) is 44.9 Å². The molecule has 2 aliphatic rings. The highest BCUT2D eigenvalue weighted by Crippen LogP contribution is 2.40. The average Bonchev–Trinajstić information content (AvgIpc) is 3.51. The number of nitrogens with zero attached hydrogens (tertiary/aromatic N) is 5. The number of rotatable bonds is 4. The molecule has 0 unspecified atom stereocenters. The van der Waals surface area contributed by atoms with Crippen LogP contribution in [0.3, 0.4) is 0 Å². The van der Waals surface area contributed by atoms with Crippen LogP contribution in [0.1, 0.15) is 68.2 Å².